The molecule has 0 radical (unpaired) electrons. The highest BCUT2D eigenvalue weighted by Gasteiger charge is 2.19. The summed E-state index contributed by atoms with van der Waals surface area (Å²) in [6, 6.07) is 0. The lowest BCUT2D eigenvalue weighted by molar-refractivity contribution is -0.128. The molecule has 3 nitrogen and oxygen atoms in total. The number of hydrogen-bond acceptors (Lipinski definition) is 2. The lowest BCUT2D eigenvalue weighted by Gasteiger charge is -2.14. The number of carbonyl (C=O) groups excluding carboxylic acids is 1. The largest absolute Gasteiger partial charge is 0.273 e. The van der Waals surface area contributed by atoms with Crippen molar-refractivity contribution in [2.75, 3.05) is 0 Å². The van der Waals surface area contributed by atoms with E-state index in [4.69, 9.17) is 0 Å². The number of nitrogens with one attached hydrogen (secondary N) is 1. The molecule has 0 aromatic carbocycles. The van der Waals surface area contributed by atoms with Crippen LogP contribution in [0.4, 0.5) is 0 Å². The van der Waals surface area contributed by atoms with Gasteiger partial charge in [0.05, 0.1) is 0 Å². The number of rotatable bonds is 1. The van der Waals surface area contributed by atoms with Crippen LogP contribution in [0.25, 0.3) is 0 Å². The molecule has 1 amide bonds. The molecule has 0 aliphatic carbocycles. The molecule has 0 heterocycles. The van der Waals surface area contributed by atoms with Gasteiger partial charge in [-0.3, -0.25) is 4.79 Å². The lowest BCUT2D eigenvalue weighted by Crippen LogP contribution is -2.31. The Morgan fingerprint density at radius 3 is 2.30 bits per heavy atom. The van der Waals surface area contributed by atoms with E-state index in [1.165, 1.54) is 0 Å². The Kier molecular flexibility index (Phi) is 3.06. The van der Waals surface area contributed by atoms with Gasteiger partial charge < -0.3 is 0 Å². The van der Waals surface area contributed by atoms with E-state index >= 15 is 0 Å². The summed E-state index contributed by atoms with van der Waals surface area (Å²) in [5.41, 5.74) is 2.05. The van der Waals surface area contributed by atoms with Gasteiger partial charge in [-0.2, -0.15) is 5.10 Å². The molecule has 0 aliphatic heterocycles. The van der Waals surface area contributed by atoms with Crippen molar-refractivity contribution in [1.82, 2.24) is 5.43 Å². The molecule has 0 saturated carbocycles. The second-order valence-electron chi connectivity index (χ2n) is 3.08. The summed E-state index contributed by atoms with van der Waals surface area (Å²) >= 11 is 0. The number of amides is 1. The Morgan fingerprint density at radius 2 is 2.00 bits per heavy atom. The molecule has 3 heteroatoms. The van der Waals surface area contributed by atoms with Crippen LogP contribution in [0.5, 0.6) is 0 Å². The minimum absolute atomic E-state index is 0.0643. The fourth-order valence-electron chi connectivity index (χ4n) is 0.291. The van der Waals surface area contributed by atoms with Gasteiger partial charge in [-0.25, -0.2) is 5.43 Å². The number of carbonyl (C=O) groups is 1. The van der Waals surface area contributed by atoms with Crippen LogP contribution in [0.1, 0.15) is 27.7 Å². The molecule has 0 unspecified atom stereocenters. The molecule has 0 fully saturated rings. The Balaban J connectivity index is 3.86. The summed E-state index contributed by atoms with van der Waals surface area (Å²) in [5, 5.41) is 3.61. The van der Waals surface area contributed by atoms with Crippen LogP contribution in [0.3, 0.4) is 0 Å². The van der Waals surface area contributed by atoms with E-state index < -0.39 is 0 Å². The van der Waals surface area contributed by atoms with E-state index in [9.17, 15) is 4.79 Å². The fourth-order valence-corrected chi connectivity index (χ4v) is 0.291. The quantitative estimate of drug-likeness (QED) is 0.433. The van der Waals surface area contributed by atoms with Crippen molar-refractivity contribution in [2.45, 2.75) is 27.7 Å². The van der Waals surface area contributed by atoms with Gasteiger partial charge in [0.1, 0.15) is 0 Å². The van der Waals surface area contributed by atoms with Crippen LogP contribution in [0, 0.1) is 5.41 Å². The van der Waals surface area contributed by atoms with Crippen molar-refractivity contribution in [2.24, 2.45) is 10.5 Å². The summed E-state index contributed by atoms with van der Waals surface area (Å²) in [6.07, 6.45) is 1.55. The second-order valence-corrected chi connectivity index (χ2v) is 3.08. The topological polar surface area (TPSA) is 41.5 Å². The zero-order chi connectivity index (χ0) is 8.20. The first-order chi connectivity index (χ1) is 4.48. The first-order valence-corrected chi connectivity index (χ1v) is 3.26. The number of hydrazone groups is 1. The molecular formula is C7H14N2O. The van der Waals surface area contributed by atoms with E-state index in [0.29, 0.717) is 0 Å². The first kappa shape index (κ1) is 9.14. The maximum atomic E-state index is 11.0. The molecule has 0 aromatic rings. The number of hydrogen-bond donors (Lipinski definition) is 1. The van der Waals surface area contributed by atoms with Gasteiger partial charge in [-0.1, -0.05) is 20.8 Å². The predicted molar refractivity (Wildman–Crippen MR) is 41.8 cm³/mol. The van der Waals surface area contributed by atoms with Crippen molar-refractivity contribution < 1.29 is 4.79 Å². The predicted octanol–water partition coefficient (Wildman–Crippen LogP) is 1.15. The van der Waals surface area contributed by atoms with Gasteiger partial charge in [0.2, 0.25) is 5.91 Å². The minimum atomic E-state index is -0.355. The monoisotopic (exact) mass is 142 g/mol. The Labute approximate surface area is 61.5 Å². The maximum absolute atomic E-state index is 11.0. The molecular weight excluding hydrogens is 128 g/mol. The van der Waals surface area contributed by atoms with E-state index in [0.717, 1.165) is 0 Å². The molecule has 1 N–H and O–H groups in total. The molecule has 0 aromatic heterocycles. The fraction of sp³-hybridized carbons (Fsp3) is 0.714. The van der Waals surface area contributed by atoms with Crippen LogP contribution in [-0.4, -0.2) is 12.1 Å². The standard InChI is InChI=1S/C7H14N2O/c1-5-8-9-6(10)7(2,3)4/h5H,1-4H3,(H,9,10). The summed E-state index contributed by atoms with van der Waals surface area (Å²) in [6.45, 7) is 7.28. The van der Waals surface area contributed by atoms with Crippen molar-refractivity contribution in [3.63, 3.8) is 0 Å². The molecule has 58 valence electrons. The van der Waals surface area contributed by atoms with E-state index in [2.05, 4.69) is 10.5 Å². The third-order valence-corrected chi connectivity index (χ3v) is 0.976. The minimum Gasteiger partial charge on any atom is -0.273 e. The van der Waals surface area contributed by atoms with Crippen LogP contribution in [0.15, 0.2) is 5.10 Å². The zero-order valence-electron chi connectivity index (χ0n) is 6.93. The maximum Gasteiger partial charge on any atom is 0.245 e. The molecule has 0 bridgehead atoms. The zero-order valence-corrected chi connectivity index (χ0v) is 6.93. The average Bonchev–Trinajstić information content (AvgIpc) is 1.80. The van der Waals surface area contributed by atoms with Crippen molar-refractivity contribution >= 4 is 12.1 Å². The lowest BCUT2D eigenvalue weighted by atomic mass is 9.96. The summed E-state index contributed by atoms with van der Waals surface area (Å²) in [4.78, 5) is 11.0. The molecule has 0 saturated heterocycles. The first-order valence-electron chi connectivity index (χ1n) is 3.26. The Hall–Kier alpha value is -0.860. The van der Waals surface area contributed by atoms with E-state index in [1.54, 1.807) is 13.1 Å². The molecule has 0 spiro atoms. The van der Waals surface area contributed by atoms with E-state index in [1.807, 2.05) is 20.8 Å². The molecule has 10 heavy (non-hydrogen) atoms. The normalized spacial score (nSPS) is 12.0. The van der Waals surface area contributed by atoms with Gasteiger partial charge >= 0.3 is 0 Å². The highest BCUT2D eigenvalue weighted by atomic mass is 16.2. The summed E-state index contributed by atoms with van der Waals surface area (Å²) in [5.74, 6) is -0.0643. The Bertz CT molecular complexity index is 144. The molecule has 0 atom stereocenters. The van der Waals surface area contributed by atoms with Crippen LogP contribution >= 0.6 is 0 Å². The number of nitrogens with zero attached hydrogens (tertiary/aromatic N) is 1. The van der Waals surface area contributed by atoms with Crippen molar-refractivity contribution in [3.8, 4) is 0 Å². The summed E-state index contributed by atoms with van der Waals surface area (Å²) < 4.78 is 0. The Morgan fingerprint density at radius 1 is 1.50 bits per heavy atom. The van der Waals surface area contributed by atoms with Gasteiger partial charge in [-0.05, 0) is 6.92 Å². The van der Waals surface area contributed by atoms with Crippen molar-refractivity contribution in [1.29, 1.82) is 0 Å². The van der Waals surface area contributed by atoms with Gasteiger partial charge in [0, 0.05) is 11.6 Å². The third-order valence-electron chi connectivity index (χ3n) is 0.976. The van der Waals surface area contributed by atoms with Gasteiger partial charge in [0.15, 0.2) is 0 Å². The van der Waals surface area contributed by atoms with Crippen LogP contribution in [0.2, 0.25) is 0 Å². The molecule has 0 rings (SSSR count). The van der Waals surface area contributed by atoms with Gasteiger partial charge in [0.25, 0.3) is 0 Å². The SMILES string of the molecule is CC=NNC(=O)C(C)(C)C. The van der Waals surface area contributed by atoms with Crippen molar-refractivity contribution in [3.05, 3.63) is 0 Å². The highest BCUT2D eigenvalue weighted by molar-refractivity contribution is 5.81. The average molecular weight is 142 g/mol. The highest BCUT2D eigenvalue weighted by Crippen LogP contribution is 2.11. The van der Waals surface area contributed by atoms with Gasteiger partial charge in [-0.15, -0.1) is 0 Å². The van der Waals surface area contributed by atoms with E-state index in [-0.39, 0.29) is 11.3 Å². The summed E-state index contributed by atoms with van der Waals surface area (Å²) in [7, 11) is 0. The smallest absolute Gasteiger partial charge is 0.245 e. The third kappa shape index (κ3) is 3.22. The molecule has 0 aliphatic rings. The van der Waals surface area contributed by atoms with Crippen LogP contribution < -0.4 is 5.43 Å². The second kappa shape index (κ2) is 3.34. The van der Waals surface area contributed by atoms with Crippen LogP contribution in [-0.2, 0) is 4.79 Å².